The molecule has 3 aromatic rings. The van der Waals surface area contributed by atoms with Gasteiger partial charge >= 0.3 is 0 Å². The fraction of sp³-hybridized carbons (Fsp3) is 0.435. The van der Waals surface area contributed by atoms with Crippen LogP contribution in [0, 0.1) is 0 Å². The summed E-state index contributed by atoms with van der Waals surface area (Å²) >= 11 is 0. The smallest absolute Gasteiger partial charge is 0.273 e. The average Bonchev–Trinajstić information content (AvgIpc) is 3.17. The second kappa shape index (κ2) is 7.09. The van der Waals surface area contributed by atoms with E-state index in [-0.39, 0.29) is 24.6 Å². The summed E-state index contributed by atoms with van der Waals surface area (Å²) in [5.41, 5.74) is 2.30. The monoisotopic (exact) mass is 406 g/mol. The second-order valence-corrected chi connectivity index (χ2v) is 8.94. The Balaban J connectivity index is 1.46. The Morgan fingerprint density at radius 1 is 1.17 bits per heavy atom. The Morgan fingerprint density at radius 3 is 2.53 bits per heavy atom. The van der Waals surface area contributed by atoms with Gasteiger partial charge in [0.1, 0.15) is 5.56 Å². The van der Waals surface area contributed by atoms with Gasteiger partial charge in [-0.2, -0.15) is 0 Å². The van der Waals surface area contributed by atoms with E-state index in [0.717, 1.165) is 5.56 Å². The van der Waals surface area contributed by atoms with Crippen molar-refractivity contribution < 1.29 is 9.90 Å². The second-order valence-electron chi connectivity index (χ2n) is 8.94. The van der Waals surface area contributed by atoms with Gasteiger partial charge in [-0.25, -0.2) is 9.50 Å². The van der Waals surface area contributed by atoms with Crippen molar-refractivity contribution in [2.75, 3.05) is 13.1 Å². The molecular formula is C23H26N4O3. The molecule has 2 fully saturated rings. The molecule has 1 aliphatic carbocycles. The minimum Gasteiger partial charge on any atom is -0.386 e. The van der Waals surface area contributed by atoms with Crippen LogP contribution in [-0.2, 0) is 0 Å². The molecule has 2 aromatic heterocycles. The van der Waals surface area contributed by atoms with Crippen molar-refractivity contribution in [1.82, 2.24) is 19.5 Å². The highest BCUT2D eigenvalue weighted by Crippen LogP contribution is 2.33. The van der Waals surface area contributed by atoms with Crippen LogP contribution >= 0.6 is 0 Å². The van der Waals surface area contributed by atoms with Crippen LogP contribution in [0.2, 0.25) is 0 Å². The van der Waals surface area contributed by atoms with Crippen LogP contribution in [-0.4, -0.2) is 49.2 Å². The van der Waals surface area contributed by atoms with Gasteiger partial charge in [-0.1, -0.05) is 43.5 Å². The number of aliphatic hydroxyl groups is 1. The highest BCUT2D eigenvalue weighted by molar-refractivity contribution is 6.00. The molecule has 1 saturated carbocycles. The van der Waals surface area contributed by atoms with Gasteiger partial charge in [0.15, 0.2) is 5.65 Å². The zero-order valence-electron chi connectivity index (χ0n) is 17.1. The van der Waals surface area contributed by atoms with Gasteiger partial charge < -0.3 is 10.0 Å². The molecule has 0 spiro atoms. The van der Waals surface area contributed by atoms with Gasteiger partial charge in [-0.3, -0.25) is 14.7 Å². The number of hydrogen-bond acceptors (Lipinski definition) is 4. The number of aromatic nitrogens is 3. The van der Waals surface area contributed by atoms with Gasteiger partial charge in [0.25, 0.3) is 11.5 Å². The van der Waals surface area contributed by atoms with Crippen molar-refractivity contribution in [2.45, 2.75) is 50.5 Å². The summed E-state index contributed by atoms with van der Waals surface area (Å²) in [6, 6.07) is 9.80. The maximum Gasteiger partial charge on any atom is 0.273 e. The van der Waals surface area contributed by atoms with Crippen molar-refractivity contribution in [3.63, 3.8) is 0 Å². The molecule has 156 valence electrons. The Morgan fingerprint density at radius 2 is 1.87 bits per heavy atom. The number of likely N-dealkylation sites (tertiary alicyclic amines) is 1. The van der Waals surface area contributed by atoms with E-state index in [1.165, 1.54) is 54.4 Å². The lowest BCUT2D eigenvalue weighted by Crippen LogP contribution is -2.61. The van der Waals surface area contributed by atoms with Crippen molar-refractivity contribution in [1.29, 1.82) is 0 Å². The molecule has 1 aromatic carbocycles. The molecule has 1 amide bonds. The number of β-amino-alcohol motifs (C(OH)–C–C–N with tert-alkyl or cyclic N) is 1. The van der Waals surface area contributed by atoms with Gasteiger partial charge in [-0.15, -0.1) is 0 Å². The molecule has 0 atom stereocenters. The number of aromatic amines is 1. The number of rotatable bonds is 3. The maximum atomic E-state index is 12.8. The lowest BCUT2D eigenvalue weighted by molar-refractivity contribution is -0.0668. The topological polar surface area (TPSA) is 90.7 Å². The van der Waals surface area contributed by atoms with Crippen molar-refractivity contribution >= 4 is 11.6 Å². The lowest BCUT2D eigenvalue weighted by atomic mass is 9.84. The molecule has 30 heavy (non-hydrogen) atoms. The molecule has 7 heteroatoms. The number of benzene rings is 1. The first-order valence-electron chi connectivity index (χ1n) is 10.6. The van der Waals surface area contributed by atoms with E-state index in [4.69, 9.17) is 0 Å². The quantitative estimate of drug-likeness (QED) is 0.700. The normalized spacial score (nSPS) is 19.1. The van der Waals surface area contributed by atoms with E-state index < -0.39 is 5.60 Å². The predicted octanol–water partition coefficient (Wildman–Crippen LogP) is 2.94. The highest BCUT2D eigenvalue weighted by Gasteiger charge is 2.40. The van der Waals surface area contributed by atoms with E-state index in [2.05, 4.69) is 22.2 Å². The van der Waals surface area contributed by atoms with Crippen LogP contribution in [0.4, 0.5) is 0 Å². The van der Waals surface area contributed by atoms with Gasteiger partial charge in [0.05, 0.1) is 24.4 Å². The number of nitrogens with zero attached hydrogens (tertiary/aromatic N) is 3. The molecule has 7 nitrogen and oxygen atoms in total. The third-order valence-corrected chi connectivity index (χ3v) is 6.36. The lowest BCUT2D eigenvalue weighted by Gasteiger charge is -2.43. The first-order valence-corrected chi connectivity index (χ1v) is 10.6. The van der Waals surface area contributed by atoms with Crippen molar-refractivity contribution in [2.24, 2.45) is 0 Å². The first kappa shape index (κ1) is 19.1. The van der Waals surface area contributed by atoms with Crippen molar-refractivity contribution in [3.8, 4) is 11.3 Å². The number of nitrogens with one attached hydrogen (secondary N) is 1. The SMILES string of the molecule is CC1(O)CN(C(=O)c2c[nH]n3c(=O)cc(-c4ccc(C5CCCCC5)cc4)nc23)C1. The van der Waals surface area contributed by atoms with Gasteiger partial charge in [0, 0.05) is 17.8 Å². The Kier molecular flexibility index (Phi) is 4.50. The van der Waals surface area contributed by atoms with Crippen LogP contribution in [0.5, 0.6) is 0 Å². The summed E-state index contributed by atoms with van der Waals surface area (Å²) in [5.74, 6) is 0.383. The third kappa shape index (κ3) is 3.33. The molecule has 2 N–H and O–H groups in total. The molecule has 1 aliphatic heterocycles. The highest BCUT2D eigenvalue weighted by atomic mass is 16.3. The van der Waals surface area contributed by atoms with Gasteiger partial charge in [0.2, 0.25) is 0 Å². The molecule has 0 bridgehead atoms. The average molecular weight is 406 g/mol. The standard InChI is InChI=1S/C23H26N4O3/c1-23(30)13-26(14-23)22(29)18-12-24-27-20(28)11-19(25-21(18)27)17-9-7-16(8-10-17)15-5-3-2-4-6-15/h7-12,15,24,30H,2-6,13-14H2,1H3. The van der Waals surface area contributed by atoms with E-state index >= 15 is 0 Å². The minimum absolute atomic E-state index is 0.239. The zero-order chi connectivity index (χ0) is 20.9. The number of H-pyrrole nitrogens is 1. The fourth-order valence-corrected chi connectivity index (χ4v) is 4.74. The summed E-state index contributed by atoms with van der Waals surface area (Å²) < 4.78 is 1.28. The molecule has 5 rings (SSSR count). The van der Waals surface area contributed by atoms with Crippen LogP contribution in [0.15, 0.2) is 41.3 Å². The molecule has 0 radical (unpaired) electrons. The van der Waals surface area contributed by atoms with E-state index in [1.54, 1.807) is 11.8 Å². The zero-order valence-corrected chi connectivity index (χ0v) is 17.1. The summed E-state index contributed by atoms with van der Waals surface area (Å²) in [6.07, 6.45) is 7.90. The molecule has 0 unspecified atom stereocenters. The fourth-order valence-electron chi connectivity index (χ4n) is 4.74. The van der Waals surface area contributed by atoms with Crippen LogP contribution in [0.1, 0.15) is 60.9 Å². The van der Waals surface area contributed by atoms with Crippen molar-refractivity contribution in [3.05, 3.63) is 58.0 Å². The molecule has 2 aliphatic rings. The molecule has 3 heterocycles. The van der Waals surface area contributed by atoms with Crippen LogP contribution in [0.25, 0.3) is 16.9 Å². The summed E-state index contributed by atoms with van der Waals surface area (Å²) in [6.45, 7) is 2.25. The summed E-state index contributed by atoms with van der Waals surface area (Å²) in [5, 5.41) is 12.7. The van der Waals surface area contributed by atoms with E-state index in [0.29, 0.717) is 22.8 Å². The maximum absolute atomic E-state index is 12.8. The number of hydrogen-bond donors (Lipinski definition) is 2. The Labute approximate surface area is 174 Å². The number of amides is 1. The van der Waals surface area contributed by atoms with E-state index in [1.807, 2.05) is 12.1 Å². The molecular weight excluding hydrogens is 380 g/mol. The Bertz CT molecular complexity index is 1150. The first-order chi connectivity index (χ1) is 14.4. The predicted molar refractivity (Wildman–Crippen MR) is 114 cm³/mol. The Hall–Kier alpha value is -2.93. The van der Waals surface area contributed by atoms with E-state index in [9.17, 15) is 14.7 Å². The molecule has 1 saturated heterocycles. The third-order valence-electron chi connectivity index (χ3n) is 6.36. The summed E-state index contributed by atoms with van der Waals surface area (Å²) in [4.78, 5) is 31.6. The van der Waals surface area contributed by atoms with Crippen LogP contribution in [0.3, 0.4) is 0 Å². The summed E-state index contributed by atoms with van der Waals surface area (Å²) in [7, 11) is 0. The van der Waals surface area contributed by atoms with Crippen LogP contribution < -0.4 is 5.56 Å². The largest absolute Gasteiger partial charge is 0.386 e. The number of fused-ring (bicyclic) bond motifs is 1. The number of carbonyl (C=O) groups is 1. The number of carbonyl (C=O) groups excluding carboxylic acids is 1. The minimum atomic E-state index is -0.850. The van der Waals surface area contributed by atoms with Gasteiger partial charge in [-0.05, 0) is 31.2 Å².